The van der Waals surface area contributed by atoms with Crippen LogP contribution in [0.3, 0.4) is 0 Å². The monoisotopic (exact) mass is 427 g/mol. The van der Waals surface area contributed by atoms with Crippen LogP contribution in [0.25, 0.3) is 21.5 Å². The molecule has 2 aromatic carbocycles. The van der Waals surface area contributed by atoms with E-state index < -0.39 is 5.91 Å². The molecule has 0 aliphatic carbocycles. The van der Waals surface area contributed by atoms with Gasteiger partial charge >= 0.3 is 0 Å². The summed E-state index contributed by atoms with van der Waals surface area (Å²) in [6.45, 7) is 1.89. The molecule has 0 unspecified atom stereocenters. The molecule has 0 saturated heterocycles. The first kappa shape index (κ1) is 18.0. The van der Waals surface area contributed by atoms with Crippen molar-refractivity contribution in [2.75, 3.05) is 6.79 Å². The molecule has 1 amide bonds. The molecule has 2 aromatic heterocycles. The fourth-order valence-corrected chi connectivity index (χ4v) is 4.48. The van der Waals surface area contributed by atoms with Gasteiger partial charge in [-0.3, -0.25) is 4.79 Å². The maximum Gasteiger partial charge on any atom is 0.285 e. The Bertz CT molecular complexity index is 1350. The molecule has 0 N–H and O–H groups in total. The number of rotatable bonds is 2. The summed E-state index contributed by atoms with van der Waals surface area (Å²) in [5.74, 6) is 1.31. The summed E-state index contributed by atoms with van der Waals surface area (Å²) in [7, 11) is 1.85. The van der Waals surface area contributed by atoms with Gasteiger partial charge in [0.15, 0.2) is 16.3 Å². The summed E-state index contributed by atoms with van der Waals surface area (Å²) in [5, 5.41) is 4.52. The number of aryl methyl sites for hydroxylation is 2. The minimum atomic E-state index is -0.444. The van der Waals surface area contributed by atoms with E-state index in [0.29, 0.717) is 43.9 Å². The van der Waals surface area contributed by atoms with Crippen LogP contribution < -0.4 is 14.3 Å². The molecular weight excluding hydrogens is 414 g/mol. The lowest BCUT2D eigenvalue weighted by Gasteiger charge is -2.01. The molecule has 0 fully saturated rings. The SMILES string of the molecule is Cc1onc(-c2ccccc2Cl)c1C(=O)N=c1sc2cc3c(cc2n1C)OCO3. The highest BCUT2D eigenvalue weighted by molar-refractivity contribution is 7.16. The van der Waals surface area contributed by atoms with Crippen molar-refractivity contribution in [1.82, 2.24) is 9.72 Å². The van der Waals surface area contributed by atoms with E-state index in [0.717, 1.165) is 10.2 Å². The highest BCUT2D eigenvalue weighted by atomic mass is 35.5. The summed E-state index contributed by atoms with van der Waals surface area (Å²) in [6.07, 6.45) is 0. The first-order valence-electron chi connectivity index (χ1n) is 8.72. The predicted octanol–water partition coefficient (Wildman–Crippen LogP) is 4.33. The van der Waals surface area contributed by atoms with Crippen molar-refractivity contribution in [3.8, 4) is 22.8 Å². The summed E-state index contributed by atoms with van der Waals surface area (Å²) in [5.41, 5.74) is 2.20. The van der Waals surface area contributed by atoms with Crippen LogP contribution in [-0.2, 0) is 7.05 Å². The van der Waals surface area contributed by atoms with Gasteiger partial charge in [-0.05, 0) is 13.0 Å². The van der Waals surface area contributed by atoms with Crippen LogP contribution in [0.1, 0.15) is 16.1 Å². The third kappa shape index (κ3) is 2.92. The van der Waals surface area contributed by atoms with Crippen LogP contribution in [0.15, 0.2) is 45.9 Å². The lowest BCUT2D eigenvalue weighted by molar-refractivity contribution is 0.0997. The molecule has 0 bridgehead atoms. The van der Waals surface area contributed by atoms with Crippen LogP contribution in [0.2, 0.25) is 5.02 Å². The number of carbonyl (C=O) groups excluding carboxylic acids is 1. The topological polar surface area (TPSA) is 78.9 Å². The molecule has 7 nitrogen and oxygen atoms in total. The average Bonchev–Trinajstić information content (AvgIpc) is 3.39. The summed E-state index contributed by atoms with van der Waals surface area (Å²) in [4.78, 5) is 17.9. The first-order valence-corrected chi connectivity index (χ1v) is 9.92. The maximum absolute atomic E-state index is 13.1. The Morgan fingerprint density at radius 2 is 2.00 bits per heavy atom. The van der Waals surface area contributed by atoms with E-state index in [9.17, 15) is 4.79 Å². The Kier molecular flexibility index (Phi) is 4.18. The van der Waals surface area contributed by atoms with Crippen molar-refractivity contribution in [2.24, 2.45) is 12.0 Å². The normalized spacial score (nSPS) is 13.4. The number of hydrogen-bond donors (Lipinski definition) is 0. The predicted molar refractivity (Wildman–Crippen MR) is 108 cm³/mol. The number of carbonyl (C=O) groups is 1. The largest absolute Gasteiger partial charge is 0.454 e. The zero-order valence-corrected chi connectivity index (χ0v) is 17.0. The van der Waals surface area contributed by atoms with Crippen molar-refractivity contribution in [3.05, 3.63) is 57.5 Å². The zero-order chi connectivity index (χ0) is 20.1. The van der Waals surface area contributed by atoms with Crippen molar-refractivity contribution in [2.45, 2.75) is 6.92 Å². The van der Waals surface area contributed by atoms with E-state index >= 15 is 0 Å². The lowest BCUT2D eigenvalue weighted by atomic mass is 10.1. The van der Waals surface area contributed by atoms with E-state index in [-0.39, 0.29) is 6.79 Å². The van der Waals surface area contributed by atoms with Crippen LogP contribution in [0.4, 0.5) is 0 Å². The highest BCUT2D eigenvalue weighted by Gasteiger charge is 2.23. The van der Waals surface area contributed by atoms with Gasteiger partial charge in [-0.25, -0.2) is 0 Å². The lowest BCUT2D eigenvalue weighted by Crippen LogP contribution is -2.13. The zero-order valence-electron chi connectivity index (χ0n) is 15.4. The van der Waals surface area contributed by atoms with E-state index in [2.05, 4.69) is 10.1 Å². The second-order valence-corrected chi connectivity index (χ2v) is 7.89. The van der Waals surface area contributed by atoms with E-state index in [1.54, 1.807) is 19.1 Å². The Morgan fingerprint density at radius 1 is 1.24 bits per heavy atom. The molecule has 29 heavy (non-hydrogen) atoms. The minimum absolute atomic E-state index is 0.212. The van der Waals surface area contributed by atoms with Crippen molar-refractivity contribution >= 4 is 39.1 Å². The number of hydrogen-bond acceptors (Lipinski definition) is 6. The number of aromatic nitrogens is 2. The molecule has 0 spiro atoms. The molecule has 0 atom stereocenters. The van der Waals surface area contributed by atoms with E-state index in [1.807, 2.05) is 35.9 Å². The minimum Gasteiger partial charge on any atom is -0.454 e. The molecule has 9 heteroatoms. The van der Waals surface area contributed by atoms with Gasteiger partial charge < -0.3 is 18.6 Å². The van der Waals surface area contributed by atoms with Gasteiger partial charge in [-0.15, -0.1) is 0 Å². The van der Waals surface area contributed by atoms with Gasteiger partial charge in [0.2, 0.25) is 6.79 Å². The smallest absolute Gasteiger partial charge is 0.285 e. The summed E-state index contributed by atoms with van der Waals surface area (Å²) >= 11 is 7.67. The Hall–Kier alpha value is -3.10. The standard InChI is InChI=1S/C20H14ClN3O4S/c1-10-17(18(23-28-10)11-5-3-4-6-12(11)21)19(25)22-20-24(2)13-7-14-15(27-9-26-14)8-16(13)29-20/h3-8H,9H2,1-2H3. The molecule has 1 aliphatic rings. The molecule has 1 aliphatic heterocycles. The summed E-state index contributed by atoms with van der Waals surface area (Å²) < 4.78 is 18.9. The number of ether oxygens (including phenoxy) is 2. The molecular formula is C20H14ClN3O4S. The molecule has 146 valence electrons. The Balaban J connectivity index is 1.63. The number of halogens is 1. The molecule has 4 aromatic rings. The fourth-order valence-electron chi connectivity index (χ4n) is 3.23. The van der Waals surface area contributed by atoms with Crippen LogP contribution in [0, 0.1) is 6.92 Å². The third-order valence-electron chi connectivity index (χ3n) is 4.71. The van der Waals surface area contributed by atoms with E-state index in [4.69, 9.17) is 25.6 Å². The third-order valence-corrected chi connectivity index (χ3v) is 6.13. The first-order chi connectivity index (χ1) is 14.0. The van der Waals surface area contributed by atoms with Crippen LogP contribution in [0.5, 0.6) is 11.5 Å². The number of nitrogens with zero attached hydrogens (tertiary/aromatic N) is 3. The summed E-state index contributed by atoms with van der Waals surface area (Å²) in [6, 6.07) is 10.9. The molecule has 3 heterocycles. The second-order valence-electron chi connectivity index (χ2n) is 6.48. The number of fused-ring (bicyclic) bond motifs is 2. The molecule has 0 radical (unpaired) electrons. The number of thiazole rings is 1. The van der Waals surface area contributed by atoms with Crippen molar-refractivity contribution in [3.63, 3.8) is 0 Å². The quantitative estimate of drug-likeness (QED) is 0.476. The average molecular weight is 428 g/mol. The van der Waals surface area contributed by atoms with Crippen molar-refractivity contribution < 1.29 is 18.8 Å². The van der Waals surface area contributed by atoms with Crippen molar-refractivity contribution in [1.29, 1.82) is 0 Å². The van der Waals surface area contributed by atoms with Gasteiger partial charge in [0.1, 0.15) is 17.0 Å². The Labute approximate surface area is 173 Å². The second kappa shape index (κ2) is 6.75. The molecule has 5 rings (SSSR count). The van der Waals surface area contributed by atoms with Gasteiger partial charge in [-0.1, -0.05) is 46.3 Å². The van der Waals surface area contributed by atoms with Gasteiger partial charge in [0.05, 0.1) is 15.2 Å². The molecule has 0 saturated carbocycles. The van der Waals surface area contributed by atoms with Gasteiger partial charge in [0, 0.05) is 24.7 Å². The van der Waals surface area contributed by atoms with Gasteiger partial charge in [-0.2, -0.15) is 4.99 Å². The Morgan fingerprint density at radius 3 is 2.79 bits per heavy atom. The number of benzene rings is 2. The van der Waals surface area contributed by atoms with Gasteiger partial charge in [0.25, 0.3) is 5.91 Å². The van der Waals surface area contributed by atoms with Crippen LogP contribution in [-0.4, -0.2) is 22.4 Å². The fraction of sp³-hybridized carbons (Fsp3) is 0.150. The maximum atomic E-state index is 13.1. The van der Waals surface area contributed by atoms with Crippen LogP contribution >= 0.6 is 22.9 Å². The van der Waals surface area contributed by atoms with E-state index in [1.165, 1.54) is 11.3 Å². The number of amides is 1. The highest BCUT2D eigenvalue weighted by Crippen LogP contribution is 2.37.